The van der Waals surface area contributed by atoms with Gasteiger partial charge in [-0.1, -0.05) is 31.5 Å². The Morgan fingerprint density at radius 2 is 2.17 bits per heavy atom. The fraction of sp³-hybridized carbons (Fsp3) is 0.625. The molecule has 0 aliphatic carbocycles. The van der Waals surface area contributed by atoms with Crippen LogP contribution in [0, 0.1) is 18.8 Å². The van der Waals surface area contributed by atoms with E-state index in [9.17, 15) is 0 Å². The first-order valence-corrected chi connectivity index (χ1v) is 7.11. The first-order valence-electron chi connectivity index (χ1n) is 7.11. The van der Waals surface area contributed by atoms with Crippen LogP contribution < -0.4 is 10.2 Å². The molecule has 1 aromatic carbocycles. The van der Waals surface area contributed by atoms with Crippen molar-refractivity contribution in [3.63, 3.8) is 0 Å². The maximum absolute atomic E-state index is 3.28. The molecule has 2 heteroatoms. The highest BCUT2D eigenvalue weighted by atomic mass is 15.2. The quantitative estimate of drug-likeness (QED) is 0.877. The molecule has 2 nitrogen and oxygen atoms in total. The summed E-state index contributed by atoms with van der Waals surface area (Å²) < 4.78 is 0. The van der Waals surface area contributed by atoms with Crippen LogP contribution in [0.1, 0.15) is 31.4 Å². The van der Waals surface area contributed by atoms with Crippen molar-refractivity contribution in [2.45, 2.75) is 33.7 Å². The Hall–Kier alpha value is -1.02. The van der Waals surface area contributed by atoms with Crippen molar-refractivity contribution in [1.82, 2.24) is 5.32 Å². The smallest absolute Gasteiger partial charge is 0.0412 e. The van der Waals surface area contributed by atoms with Crippen molar-refractivity contribution in [1.29, 1.82) is 0 Å². The molecule has 1 atom stereocenters. The third kappa shape index (κ3) is 2.86. The maximum Gasteiger partial charge on any atom is 0.0412 e. The first-order chi connectivity index (χ1) is 8.61. The van der Waals surface area contributed by atoms with Gasteiger partial charge in [-0.25, -0.2) is 0 Å². The number of hydrogen-bond acceptors (Lipinski definition) is 2. The SMILES string of the molecule is CNCc1cc(C)ccc1N1CCC(C(C)C)C1. The molecular weight excluding hydrogens is 220 g/mol. The third-order valence-corrected chi connectivity index (χ3v) is 4.11. The fourth-order valence-corrected chi connectivity index (χ4v) is 2.91. The lowest BCUT2D eigenvalue weighted by Gasteiger charge is -2.23. The zero-order chi connectivity index (χ0) is 13.1. The van der Waals surface area contributed by atoms with Crippen LogP contribution >= 0.6 is 0 Å². The highest BCUT2D eigenvalue weighted by Gasteiger charge is 2.25. The molecule has 1 unspecified atom stereocenters. The van der Waals surface area contributed by atoms with Gasteiger partial charge in [0.05, 0.1) is 0 Å². The van der Waals surface area contributed by atoms with Gasteiger partial charge in [0.1, 0.15) is 0 Å². The van der Waals surface area contributed by atoms with Gasteiger partial charge in [0.2, 0.25) is 0 Å². The predicted molar refractivity (Wildman–Crippen MR) is 79.1 cm³/mol. The lowest BCUT2D eigenvalue weighted by molar-refractivity contribution is 0.422. The molecular formula is C16H26N2. The van der Waals surface area contributed by atoms with Crippen molar-refractivity contribution in [3.8, 4) is 0 Å². The van der Waals surface area contributed by atoms with Gasteiger partial charge < -0.3 is 10.2 Å². The van der Waals surface area contributed by atoms with Gasteiger partial charge in [-0.05, 0) is 43.9 Å². The monoisotopic (exact) mass is 246 g/mol. The van der Waals surface area contributed by atoms with Crippen LogP contribution in [0.4, 0.5) is 5.69 Å². The second-order valence-electron chi connectivity index (χ2n) is 5.90. The normalized spacial score (nSPS) is 19.8. The molecule has 100 valence electrons. The number of aryl methyl sites for hydroxylation is 1. The molecule has 1 N–H and O–H groups in total. The lowest BCUT2D eigenvalue weighted by Crippen LogP contribution is -2.23. The lowest BCUT2D eigenvalue weighted by atomic mass is 9.95. The summed E-state index contributed by atoms with van der Waals surface area (Å²) in [6, 6.07) is 6.84. The average Bonchev–Trinajstić information content (AvgIpc) is 2.79. The number of benzene rings is 1. The summed E-state index contributed by atoms with van der Waals surface area (Å²) in [5.74, 6) is 1.65. The van der Waals surface area contributed by atoms with E-state index in [0.29, 0.717) is 0 Å². The molecule has 0 aromatic heterocycles. The van der Waals surface area contributed by atoms with E-state index in [0.717, 1.165) is 18.4 Å². The number of nitrogens with one attached hydrogen (secondary N) is 1. The Kier molecular flexibility index (Phi) is 4.28. The van der Waals surface area contributed by atoms with Crippen LogP contribution in [0.3, 0.4) is 0 Å². The molecule has 2 rings (SSSR count). The fourth-order valence-electron chi connectivity index (χ4n) is 2.91. The van der Waals surface area contributed by atoms with E-state index in [4.69, 9.17) is 0 Å². The average molecular weight is 246 g/mol. The van der Waals surface area contributed by atoms with Gasteiger partial charge in [0.25, 0.3) is 0 Å². The van der Waals surface area contributed by atoms with Crippen LogP contribution in [-0.2, 0) is 6.54 Å². The maximum atomic E-state index is 3.28. The van der Waals surface area contributed by atoms with Crippen LogP contribution in [0.2, 0.25) is 0 Å². The second-order valence-corrected chi connectivity index (χ2v) is 5.90. The van der Waals surface area contributed by atoms with Crippen molar-refractivity contribution < 1.29 is 0 Å². The second kappa shape index (κ2) is 5.75. The molecule has 0 bridgehead atoms. The number of nitrogens with zero attached hydrogens (tertiary/aromatic N) is 1. The molecule has 1 aromatic rings. The summed E-state index contributed by atoms with van der Waals surface area (Å²) in [5, 5.41) is 3.28. The highest BCUT2D eigenvalue weighted by Crippen LogP contribution is 2.30. The molecule has 0 saturated carbocycles. The molecule has 0 spiro atoms. The Labute approximate surface area is 111 Å². The Morgan fingerprint density at radius 1 is 1.39 bits per heavy atom. The van der Waals surface area contributed by atoms with E-state index in [1.165, 1.54) is 36.3 Å². The Morgan fingerprint density at radius 3 is 2.78 bits per heavy atom. The van der Waals surface area contributed by atoms with E-state index < -0.39 is 0 Å². The van der Waals surface area contributed by atoms with Crippen molar-refractivity contribution >= 4 is 5.69 Å². The van der Waals surface area contributed by atoms with Crippen molar-refractivity contribution in [3.05, 3.63) is 29.3 Å². The van der Waals surface area contributed by atoms with Crippen LogP contribution in [-0.4, -0.2) is 20.1 Å². The van der Waals surface area contributed by atoms with Crippen molar-refractivity contribution in [2.24, 2.45) is 11.8 Å². The molecule has 1 heterocycles. The van der Waals surface area contributed by atoms with E-state index in [2.05, 4.69) is 49.2 Å². The topological polar surface area (TPSA) is 15.3 Å². The minimum atomic E-state index is 0.799. The number of anilines is 1. The van der Waals surface area contributed by atoms with Gasteiger partial charge >= 0.3 is 0 Å². The van der Waals surface area contributed by atoms with Gasteiger partial charge in [-0.15, -0.1) is 0 Å². The molecule has 0 amide bonds. The van der Waals surface area contributed by atoms with Gasteiger partial charge in [0, 0.05) is 25.3 Å². The summed E-state index contributed by atoms with van der Waals surface area (Å²) in [4.78, 5) is 2.57. The summed E-state index contributed by atoms with van der Waals surface area (Å²) in [6.07, 6.45) is 1.34. The molecule has 18 heavy (non-hydrogen) atoms. The third-order valence-electron chi connectivity index (χ3n) is 4.11. The molecule has 0 radical (unpaired) electrons. The highest BCUT2D eigenvalue weighted by molar-refractivity contribution is 5.55. The Balaban J connectivity index is 2.18. The van der Waals surface area contributed by atoms with E-state index >= 15 is 0 Å². The molecule has 1 aliphatic rings. The minimum Gasteiger partial charge on any atom is -0.371 e. The van der Waals surface area contributed by atoms with Crippen LogP contribution in [0.5, 0.6) is 0 Å². The first kappa shape index (κ1) is 13.4. The van der Waals surface area contributed by atoms with Crippen LogP contribution in [0.25, 0.3) is 0 Å². The summed E-state index contributed by atoms with van der Waals surface area (Å²) in [6.45, 7) is 10.2. The zero-order valence-electron chi connectivity index (χ0n) is 12.2. The zero-order valence-corrected chi connectivity index (χ0v) is 12.2. The molecule has 1 fully saturated rings. The molecule has 1 saturated heterocycles. The number of hydrogen-bond donors (Lipinski definition) is 1. The van der Waals surface area contributed by atoms with Gasteiger partial charge in [-0.3, -0.25) is 0 Å². The standard InChI is InChI=1S/C16H26N2/c1-12(2)14-7-8-18(11-14)16-6-5-13(3)9-15(16)10-17-4/h5-6,9,12,14,17H,7-8,10-11H2,1-4H3. The van der Waals surface area contributed by atoms with E-state index in [1.54, 1.807) is 0 Å². The Bertz CT molecular complexity index is 398. The van der Waals surface area contributed by atoms with Gasteiger partial charge in [-0.2, -0.15) is 0 Å². The van der Waals surface area contributed by atoms with Crippen molar-refractivity contribution in [2.75, 3.05) is 25.0 Å². The van der Waals surface area contributed by atoms with Crippen LogP contribution in [0.15, 0.2) is 18.2 Å². The number of rotatable bonds is 4. The van der Waals surface area contributed by atoms with E-state index in [1.807, 2.05) is 7.05 Å². The summed E-state index contributed by atoms with van der Waals surface area (Å²) in [7, 11) is 2.02. The van der Waals surface area contributed by atoms with Gasteiger partial charge in [0.15, 0.2) is 0 Å². The summed E-state index contributed by atoms with van der Waals surface area (Å²) >= 11 is 0. The predicted octanol–water partition coefficient (Wildman–Crippen LogP) is 3.20. The van der Waals surface area contributed by atoms with E-state index in [-0.39, 0.29) is 0 Å². The molecule has 1 aliphatic heterocycles. The summed E-state index contributed by atoms with van der Waals surface area (Å²) in [5.41, 5.74) is 4.21. The minimum absolute atomic E-state index is 0.799. The largest absolute Gasteiger partial charge is 0.371 e.